The summed E-state index contributed by atoms with van der Waals surface area (Å²) >= 11 is 1.53. The summed E-state index contributed by atoms with van der Waals surface area (Å²) in [5.74, 6) is 0.458. The van der Waals surface area contributed by atoms with Crippen molar-refractivity contribution in [3.8, 4) is 17.3 Å². The number of nitrogens with zero attached hydrogens (tertiary/aromatic N) is 8. The Kier molecular flexibility index (Phi) is 7.12. The van der Waals surface area contributed by atoms with Gasteiger partial charge in [0.2, 0.25) is 16.0 Å². The van der Waals surface area contributed by atoms with Gasteiger partial charge >= 0.3 is 0 Å². The first-order valence-corrected chi connectivity index (χ1v) is 14.0. The number of nitrogens with one attached hydrogen (secondary N) is 1. The molecular weight excluding hydrogens is 498 g/mol. The minimum Gasteiger partial charge on any atom is -0.327 e. The molecule has 0 saturated carbocycles. The van der Waals surface area contributed by atoms with Crippen LogP contribution in [0.1, 0.15) is 34.1 Å². The summed E-state index contributed by atoms with van der Waals surface area (Å²) in [6, 6.07) is 4.28. The van der Waals surface area contributed by atoms with Crippen molar-refractivity contribution >= 4 is 44.2 Å². The standard InChI is InChI=1S/C23H29N9O2S2/c1-6-36(33,34)30-14-23(15-30,8-9-24)32-13-18(11-26-32)20-21-19(7-10-35-21)28-22(29-20)27-17(4)12-31(25-5)16(2)3/h7,10-13,16H,5-6,8,14-15H2,1-4H3,(H,27,28,29)/b17-12+. The summed E-state index contributed by atoms with van der Waals surface area (Å²) in [4.78, 5) is 9.41. The number of nitriles is 1. The van der Waals surface area contributed by atoms with E-state index in [9.17, 15) is 13.7 Å². The van der Waals surface area contributed by atoms with E-state index in [-0.39, 0.29) is 31.3 Å². The fourth-order valence-corrected chi connectivity index (χ4v) is 6.14. The zero-order chi connectivity index (χ0) is 26.1. The molecule has 4 heterocycles. The average molecular weight is 528 g/mol. The van der Waals surface area contributed by atoms with E-state index in [4.69, 9.17) is 4.98 Å². The van der Waals surface area contributed by atoms with Crippen molar-refractivity contribution in [1.82, 2.24) is 29.1 Å². The van der Waals surface area contributed by atoms with E-state index in [2.05, 4.69) is 33.3 Å². The molecule has 0 radical (unpaired) electrons. The maximum absolute atomic E-state index is 12.3. The zero-order valence-corrected chi connectivity index (χ0v) is 22.3. The molecular formula is C23H29N9O2S2. The van der Waals surface area contributed by atoms with E-state index < -0.39 is 15.6 Å². The van der Waals surface area contributed by atoms with Gasteiger partial charge in [-0.2, -0.15) is 19.8 Å². The Labute approximate surface area is 214 Å². The highest BCUT2D eigenvalue weighted by Gasteiger charge is 2.49. The first kappa shape index (κ1) is 25.7. The molecule has 4 rings (SSSR count). The number of anilines is 1. The highest BCUT2D eigenvalue weighted by Crippen LogP contribution is 2.37. The molecule has 1 aliphatic heterocycles. The quantitative estimate of drug-likeness (QED) is 0.313. The highest BCUT2D eigenvalue weighted by atomic mass is 32.2. The SMILES string of the molecule is C=NN(/C=C(\C)Nc1nc(-c2cnn(C3(CC#N)CN(S(=O)(=O)CC)C3)c2)c2sccc2n1)C(C)C. The summed E-state index contributed by atoms with van der Waals surface area (Å²) < 4.78 is 28.6. The Hall–Kier alpha value is -3.34. The fourth-order valence-electron chi connectivity index (χ4n) is 4.05. The third-order valence-electron chi connectivity index (χ3n) is 6.08. The molecule has 190 valence electrons. The van der Waals surface area contributed by atoms with Crippen LogP contribution in [0.2, 0.25) is 0 Å². The summed E-state index contributed by atoms with van der Waals surface area (Å²) in [5.41, 5.74) is 2.37. The van der Waals surface area contributed by atoms with Gasteiger partial charge in [0.1, 0.15) is 5.54 Å². The molecule has 0 aliphatic carbocycles. The van der Waals surface area contributed by atoms with Gasteiger partial charge in [-0.1, -0.05) is 0 Å². The lowest BCUT2D eigenvalue weighted by molar-refractivity contribution is 0.0719. The largest absolute Gasteiger partial charge is 0.327 e. The van der Waals surface area contributed by atoms with Crippen LogP contribution in [0.3, 0.4) is 0 Å². The molecule has 1 N–H and O–H groups in total. The molecule has 0 amide bonds. The number of hydrogen-bond donors (Lipinski definition) is 1. The third kappa shape index (κ3) is 4.84. The third-order valence-corrected chi connectivity index (χ3v) is 8.77. The van der Waals surface area contributed by atoms with Crippen LogP contribution >= 0.6 is 11.3 Å². The van der Waals surface area contributed by atoms with Gasteiger partial charge in [0.15, 0.2) is 0 Å². The summed E-state index contributed by atoms with van der Waals surface area (Å²) in [6.07, 6.45) is 5.53. The average Bonchev–Trinajstić information content (AvgIpc) is 3.48. The van der Waals surface area contributed by atoms with E-state index in [1.807, 2.05) is 44.6 Å². The molecule has 0 aromatic carbocycles. The molecule has 0 unspecified atom stereocenters. The number of hydrazone groups is 1. The number of fused-ring (bicyclic) bond motifs is 1. The number of rotatable bonds is 10. The number of hydrogen-bond acceptors (Lipinski definition) is 10. The summed E-state index contributed by atoms with van der Waals surface area (Å²) in [6.45, 7) is 11.6. The Morgan fingerprint density at radius 2 is 2.19 bits per heavy atom. The van der Waals surface area contributed by atoms with Crippen LogP contribution in [0.25, 0.3) is 21.5 Å². The van der Waals surface area contributed by atoms with Crippen LogP contribution in [-0.2, 0) is 15.6 Å². The predicted molar refractivity (Wildman–Crippen MR) is 142 cm³/mol. The van der Waals surface area contributed by atoms with E-state index in [0.29, 0.717) is 11.6 Å². The second-order valence-electron chi connectivity index (χ2n) is 8.98. The molecule has 3 aromatic heterocycles. The van der Waals surface area contributed by atoms with Crippen LogP contribution in [0.5, 0.6) is 0 Å². The van der Waals surface area contributed by atoms with Crippen LogP contribution in [-0.4, -0.2) is 69.1 Å². The Morgan fingerprint density at radius 3 is 2.83 bits per heavy atom. The van der Waals surface area contributed by atoms with Crippen LogP contribution in [0.15, 0.2) is 40.8 Å². The number of allylic oxidation sites excluding steroid dienone is 1. The maximum Gasteiger partial charge on any atom is 0.228 e. The predicted octanol–water partition coefficient (Wildman–Crippen LogP) is 3.43. The van der Waals surface area contributed by atoms with Gasteiger partial charge in [-0.15, -0.1) is 11.3 Å². The molecule has 1 fully saturated rings. The summed E-state index contributed by atoms with van der Waals surface area (Å²) in [5, 5.41) is 24.9. The summed E-state index contributed by atoms with van der Waals surface area (Å²) in [7, 11) is -3.32. The van der Waals surface area contributed by atoms with Crippen molar-refractivity contribution in [2.24, 2.45) is 5.10 Å². The molecule has 36 heavy (non-hydrogen) atoms. The van der Waals surface area contributed by atoms with Crippen LogP contribution < -0.4 is 5.32 Å². The normalized spacial score (nSPS) is 16.1. The van der Waals surface area contributed by atoms with Gasteiger partial charge < -0.3 is 5.32 Å². The zero-order valence-electron chi connectivity index (χ0n) is 20.7. The molecule has 1 aliphatic rings. The Bertz CT molecular complexity index is 1440. The lowest BCUT2D eigenvalue weighted by Gasteiger charge is -2.47. The lowest BCUT2D eigenvalue weighted by Crippen LogP contribution is -2.64. The monoisotopic (exact) mass is 527 g/mol. The Balaban J connectivity index is 1.66. The van der Waals surface area contributed by atoms with Gasteiger partial charge in [0.05, 0.1) is 40.4 Å². The second kappa shape index (κ2) is 9.96. The maximum atomic E-state index is 12.3. The Morgan fingerprint density at radius 1 is 1.44 bits per heavy atom. The van der Waals surface area contributed by atoms with Gasteiger partial charge in [0.25, 0.3) is 0 Å². The van der Waals surface area contributed by atoms with Crippen molar-refractivity contribution in [3.05, 3.63) is 35.7 Å². The van der Waals surface area contributed by atoms with Crippen molar-refractivity contribution in [2.45, 2.75) is 45.7 Å². The number of aromatic nitrogens is 4. The van der Waals surface area contributed by atoms with Crippen molar-refractivity contribution in [3.63, 3.8) is 0 Å². The van der Waals surface area contributed by atoms with E-state index in [0.717, 1.165) is 21.5 Å². The van der Waals surface area contributed by atoms with Crippen molar-refractivity contribution in [1.29, 1.82) is 5.26 Å². The molecule has 11 nitrogen and oxygen atoms in total. The van der Waals surface area contributed by atoms with Crippen molar-refractivity contribution < 1.29 is 8.42 Å². The van der Waals surface area contributed by atoms with E-state index in [1.54, 1.807) is 22.8 Å². The minimum absolute atomic E-state index is 0.0265. The van der Waals surface area contributed by atoms with E-state index in [1.165, 1.54) is 15.6 Å². The highest BCUT2D eigenvalue weighted by molar-refractivity contribution is 7.89. The van der Waals surface area contributed by atoms with Gasteiger partial charge in [-0.25, -0.2) is 18.4 Å². The minimum atomic E-state index is -3.32. The van der Waals surface area contributed by atoms with Gasteiger partial charge in [0, 0.05) is 49.5 Å². The number of sulfonamides is 1. The molecule has 0 spiro atoms. The van der Waals surface area contributed by atoms with Gasteiger partial charge in [-0.3, -0.25) is 9.69 Å². The smallest absolute Gasteiger partial charge is 0.228 e. The fraction of sp³-hybridized carbons (Fsp3) is 0.435. The van der Waals surface area contributed by atoms with Crippen LogP contribution in [0.4, 0.5) is 5.95 Å². The molecule has 0 bridgehead atoms. The second-order valence-corrected chi connectivity index (χ2v) is 12.2. The first-order valence-electron chi connectivity index (χ1n) is 11.5. The first-order chi connectivity index (χ1) is 17.1. The lowest BCUT2D eigenvalue weighted by atomic mass is 9.89. The van der Waals surface area contributed by atoms with E-state index >= 15 is 0 Å². The number of thiophene rings is 1. The molecule has 0 atom stereocenters. The molecule has 13 heteroatoms. The topological polar surface area (TPSA) is 132 Å². The van der Waals surface area contributed by atoms with Gasteiger partial charge in [-0.05, 0) is 39.1 Å². The van der Waals surface area contributed by atoms with Crippen LogP contribution in [0, 0.1) is 11.3 Å². The van der Waals surface area contributed by atoms with Crippen molar-refractivity contribution in [2.75, 3.05) is 24.2 Å². The molecule has 3 aromatic rings. The molecule has 1 saturated heterocycles.